The Morgan fingerprint density at radius 1 is 0.731 bits per heavy atom. The second-order valence-electron chi connectivity index (χ2n) is 7.54. The molecule has 0 saturated carbocycles. The maximum atomic E-state index is 3.44. The summed E-state index contributed by atoms with van der Waals surface area (Å²) in [7, 11) is 0. The molecule has 0 spiro atoms. The molecular weight excluding hydrogens is 527 g/mol. The average Bonchev–Trinajstić information content (AvgIpc) is 2.71. The molecule has 26 heavy (non-hydrogen) atoms. The SMILES string of the molecule is C=C[CH2-].CC1=[C-]C(C)(C)C(C)=C1C.CC1=[C-]C(C)(C)C(C)=C1C.[Br-].[Br-].[Zr+2]. The van der Waals surface area contributed by atoms with Crippen molar-refractivity contribution in [1.82, 2.24) is 0 Å². The van der Waals surface area contributed by atoms with Crippen LogP contribution in [0.5, 0.6) is 0 Å². The summed E-state index contributed by atoms with van der Waals surface area (Å²) >= 11 is 0. The Bertz CT molecular complexity index is 535. The van der Waals surface area contributed by atoms with Gasteiger partial charge in [-0.25, -0.2) is 30.7 Å². The summed E-state index contributed by atoms with van der Waals surface area (Å²) in [5.41, 5.74) is 8.79. The molecule has 148 valence electrons. The van der Waals surface area contributed by atoms with Crippen LogP contribution in [0.3, 0.4) is 0 Å². The second-order valence-corrected chi connectivity index (χ2v) is 7.54. The van der Waals surface area contributed by atoms with Gasteiger partial charge in [-0.15, -0.1) is 13.8 Å². The molecule has 0 nitrogen and oxygen atoms in total. The minimum atomic E-state index is 0. The Balaban J connectivity index is -0.000000147. The van der Waals surface area contributed by atoms with E-state index in [0.29, 0.717) is 0 Å². The molecule has 0 amide bonds. The third kappa shape index (κ3) is 9.07. The number of rotatable bonds is 0. The van der Waals surface area contributed by atoms with Gasteiger partial charge >= 0.3 is 26.2 Å². The van der Waals surface area contributed by atoms with Gasteiger partial charge in [0.25, 0.3) is 0 Å². The monoisotopic (exact) mass is 559 g/mol. The zero-order valence-electron chi connectivity index (χ0n) is 18.2. The van der Waals surface area contributed by atoms with E-state index in [9.17, 15) is 0 Å². The molecule has 0 aromatic carbocycles. The van der Waals surface area contributed by atoms with Crippen molar-refractivity contribution < 1.29 is 60.2 Å². The topological polar surface area (TPSA) is 0 Å². The molecule has 2 aliphatic carbocycles. The largest absolute Gasteiger partial charge is 2.00 e. The summed E-state index contributed by atoms with van der Waals surface area (Å²) in [6, 6.07) is 0. The quantitative estimate of drug-likeness (QED) is 0.390. The van der Waals surface area contributed by atoms with Gasteiger partial charge in [-0.2, -0.15) is 22.3 Å². The molecule has 2 aliphatic rings. The number of hydrogen-bond donors (Lipinski definition) is 0. The third-order valence-corrected chi connectivity index (χ3v) is 5.12. The van der Waals surface area contributed by atoms with Crippen molar-refractivity contribution >= 4 is 0 Å². The fraction of sp³-hybridized carbons (Fsp3) is 0.522. The van der Waals surface area contributed by atoms with E-state index in [1.165, 1.54) is 39.5 Å². The van der Waals surface area contributed by atoms with Crippen LogP contribution in [-0.4, -0.2) is 0 Å². The van der Waals surface area contributed by atoms with E-state index in [4.69, 9.17) is 0 Å². The maximum absolute atomic E-state index is 3.44. The van der Waals surface area contributed by atoms with Crippen molar-refractivity contribution in [2.45, 2.75) is 69.2 Å². The first kappa shape index (κ1) is 34.0. The minimum absolute atomic E-state index is 0. The second kappa shape index (κ2) is 13.6. The van der Waals surface area contributed by atoms with Gasteiger partial charge < -0.3 is 34.0 Å². The van der Waals surface area contributed by atoms with Crippen LogP contribution in [0.2, 0.25) is 0 Å². The zero-order valence-corrected chi connectivity index (χ0v) is 23.9. The van der Waals surface area contributed by atoms with E-state index in [1.807, 2.05) is 0 Å². The molecule has 0 heterocycles. The van der Waals surface area contributed by atoms with E-state index in [1.54, 1.807) is 0 Å². The summed E-state index contributed by atoms with van der Waals surface area (Å²) in [5, 5.41) is 0. The number of hydrogen-bond acceptors (Lipinski definition) is 0. The molecule has 0 atom stereocenters. The van der Waals surface area contributed by atoms with Gasteiger partial charge in [-0.3, -0.25) is 12.2 Å². The standard InChI is InChI=1S/2C10H15.C3H5.2BrH.Zr/c2*1-7-6-10(4,5)9(3)8(7)2;1-3-2;;;/h2*1-5H3;3H,1-2H2;2*1H;/q3*-1;;;+2/p-2. The Morgan fingerprint density at radius 3 is 0.962 bits per heavy atom. The molecule has 0 bridgehead atoms. The minimum Gasteiger partial charge on any atom is -1.00 e. The maximum Gasteiger partial charge on any atom is 2.00 e. The van der Waals surface area contributed by atoms with Crippen LogP contribution < -0.4 is 34.0 Å². The van der Waals surface area contributed by atoms with Gasteiger partial charge in [0.15, 0.2) is 0 Å². The van der Waals surface area contributed by atoms with Crippen molar-refractivity contribution in [3.63, 3.8) is 0 Å². The summed E-state index contributed by atoms with van der Waals surface area (Å²) in [6.45, 7) is 28.3. The molecule has 0 unspecified atom stereocenters. The zero-order chi connectivity index (χ0) is 18.6. The number of allylic oxidation sites excluding steroid dienone is 9. The normalized spacial score (nSPS) is 18.5. The van der Waals surface area contributed by atoms with E-state index in [-0.39, 0.29) is 71.0 Å². The van der Waals surface area contributed by atoms with E-state index in [0.717, 1.165) is 0 Å². The molecule has 3 heteroatoms. The molecule has 0 N–H and O–H groups in total. The fourth-order valence-corrected chi connectivity index (χ4v) is 2.81. The molecule has 2 rings (SSSR count). The van der Waals surface area contributed by atoms with Crippen LogP contribution in [0.1, 0.15) is 69.2 Å². The Hall–Kier alpha value is 0.413. The van der Waals surface area contributed by atoms with Crippen molar-refractivity contribution in [3.05, 3.63) is 65.2 Å². The summed E-state index contributed by atoms with van der Waals surface area (Å²) in [6.07, 6.45) is 8.37. The fourth-order valence-electron chi connectivity index (χ4n) is 2.81. The van der Waals surface area contributed by atoms with Crippen LogP contribution >= 0.6 is 0 Å². The van der Waals surface area contributed by atoms with Gasteiger partial charge in [0.2, 0.25) is 0 Å². The van der Waals surface area contributed by atoms with E-state index in [2.05, 4.69) is 94.9 Å². The van der Waals surface area contributed by atoms with E-state index >= 15 is 0 Å². The predicted molar refractivity (Wildman–Crippen MR) is 105 cm³/mol. The first-order valence-corrected chi connectivity index (χ1v) is 8.32. The Labute approximate surface area is 204 Å². The first-order valence-electron chi connectivity index (χ1n) is 8.32. The summed E-state index contributed by atoms with van der Waals surface area (Å²) in [4.78, 5) is 0. The predicted octanol–water partition coefficient (Wildman–Crippen LogP) is 1.24. The molecule has 0 fully saturated rings. The molecular formula is C23H35Br2Zr-3. The van der Waals surface area contributed by atoms with Crippen molar-refractivity contribution in [2.24, 2.45) is 10.8 Å². The first-order chi connectivity index (χ1) is 10.3. The van der Waals surface area contributed by atoms with Crippen LogP contribution in [0.25, 0.3) is 0 Å². The Kier molecular flexibility index (Phi) is 17.7. The van der Waals surface area contributed by atoms with Crippen molar-refractivity contribution in [3.8, 4) is 0 Å². The smallest absolute Gasteiger partial charge is 1.00 e. The molecule has 0 aromatic heterocycles. The van der Waals surface area contributed by atoms with Gasteiger partial charge in [-0.1, -0.05) is 66.2 Å². The third-order valence-electron chi connectivity index (χ3n) is 5.12. The van der Waals surface area contributed by atoms with Gasteiger partial charge in [0, 0.05) is 0 Å². The molecule has 0 radical (unpaired) electrons. The van der Waals surface area contributed by atoms with Gasteiger partial charge in [-0.05, 0) is 0 Å². The Morgan fingerprint density at radius 2 is 0.923 bits per heavy atom. The van der Waals surface area contributed by atoms with Gasteiger partial charge in [0.05, 0.1) is 0 Å². The van der Waals surface area contributed by atoms with Crippen molar-refractivity contribution in [1.29, 1.82) is 0 Å². The van der Waals surface area contributed by atoms with Gasteiger partial charge in [0.1, 0.15) is 0 Å². The number of halogens is 2. The molecule has 0 saturated heterocycles. The molecule has 0 aromatic rings. The van der Waals surface area contributed by atoms with Crippen LogP contribution in [0, 0.1) is 29.9 Å². The summed E-state index contributed by atoms with van der Waals surface area (Å²) in [5.74, 6) is 0. The van der Waals surface area contributed by atoms with Crippen LogP contribution in [0.15, 0.2) is 46.1 Å². The van der Waals surface area contributed by atoms with Crippen molar-refractivity contribution in [2.75, 3.05) is 0 Å². The van der Waals surface area contributed by atoms with Crippen LogP contribution in [0.4, 0.5) is 0 Å². The average molecular weight is 563 g/mol. The van der Waals surface area contributed by atoms with Crippen LogP contribution in [-0.2, 0) is 26.2 Å². The molecule has 0 aliphatic heterocycles. The van der Waals surface area contributed by atoms with E-state index < -0.39 is 0 Å². The summed E-state index contributed by atoms with van der Waals surface area (Å²) < 4.78 is 0.